The van der Waals surface area contributed by atoms with Gasteiger partial charge < -0.3 is 10.1 Å². The Labute approximate surface area is 97.8 Å². The van der Waals surface area contributed by atoms with Crippen LogP contribution >= 0.6 is 0 Å². The van der Waals surface area contributed by atoms with Crippen LogP contribution < -0.4 is 5.32 Å². The third kappa shape index (κ3) is 3.00. The summed E-state index contributed by atoms with van der Waals surface area (Å²) in [5.41, 5.74) is -0.275. The van der Waals surface area contributed by atoms with Gasteiger partial charge in [-0.25, -0.2) is 8.78 Å². The smallest absolute Gasteiger partial charge is 0.254 e. The van der Waals surface area contributed by atoms with Gasteiger partial charge in [-0.1, -0.05) is 0 Å². The van der Waals surface area contributed by atoms with Gasteiger partial charge in [0.15, 0.2) is 0 Å². The number of rotatable bonds is 3. The summed E-state index contributed by atoms with van der Waals surface area (Å²) in [5, 5.41) is 2.54. The molecule has 1 aromatic carbocycles. The fourth-order valence-electron chi connectivity index (χ4n) is 1.78. The molecule has 0 saturated carbocycles. The fraction of sp³-hybridized carbons (Fsp3) is 0.417. The van der Waals surface area contributed by atoms with Crippen molar-refractivity contribution in [2.75, 3.05) is 13.2 Å². The molecule has 1 aromatic rings. The Balaban J connectivity index is 1.96. The molecule has 1 aliphatic heterocycles. The number of benzene rings is 1. The summed E-state index contributed by atoms with van der Waals surface area (Å²) < 4.78 is 31.4. The number of hydrogen-bond acceptors (Lipinski definition) is 2. The lowest BCUT2D eigenvalue weighted by molar-refractivity contribution is 0.0854. The molecule has 0 radical (unpaired) electrons. The molecular weight excluding hydrogens is 228 g/mol. The first-order valence-corrected chi connectivity index (χ1v) is 5.51. The van der Waals surface area contributed by atoms with Crippen molar-refractivity contribution >= 4 is 5.91 Å². The van der Waals surface area contributed by atoms with Crippen molar-refractivity contribution in [1.29, 1.82) is 0 Å². The quantitative estimate of drug-likeness (QED) is 0.877. The molecule has 1 atom stereocenters. The van der Waals surface area contributed by atoms with E-state index >= 15 is 0 Å². The zero-order valence-corrected chi connectivity index (χ0v) is 9.21. The molecule has 1 N–H and O–H groups in total. The molecule has 2 rings (SSSR count). The lowest BCUT2D eigenvalue weighted by Gasteiger charge is -2.11. The van der Waals surface area contributed by atoms with Crippen LogP contribution in [-0.2, 0) is 4.74 Å². The van der Waals surface area contributed by atoms with Crippen molar-refractivity contribution in [2.24, 2.45) is 0 Å². The Bertz CT molecular complexity index is 417. The summed E-state index contributed by atoms with van der Waals surface area (Å²) in [4.78, 5) is 11.6. The van der Waals surface area contributed by atoms with E-state index in [1.807, 2.05) is 0 Å². The minimum absolute atomic E-state index is 0.0180. The second-order valence-electron chi connectivity index (χ2n) is 3.97. The monoisotopic (exact) mass is 241 g/mol. The maximum absolute atomic E-state index is 13.3. The van der Waals surface area contributed by atoms with Crippen molar-refractivity contribution in [2.45, 2.75) is 18.9 Å². The Morgan fingerprint density at radius 2 is 2.29 bits per heavy atom. The standard InChI is InChI=1S/C12H13F2NO2/c13-8-3-4-11(14)10(6-8)12(16)15-7-9-2-1-5-17-9/h3-4,6,9H,1-2,5,7H2,(H,15,16). The Kier molecular flexibility index (Phi) is 3.68. The number of ether oxygens (including phenoxy) is 1. The van der Waals surface area contributed by atoms with Gasteiger partial charge in [0.05, 0.1) is 11.7 Å². The van der Waals surface area contributed by atoms with Crippen molar-refractivity contribution in [1.82, 2.24) is 5.32 Å². The first kappa shape index (κ1) is 12.0. The van der Waals surface area contributed by atoms with E-state index in [0.717, 1.165) is 31.0 Å². The van der Waals surface area contributed by atoms with Gasteiger partial charge >= 0.3 is 0 Å². The number of carbonyl (C=O) groups is 1. The molecule has 1 aliphatic rings. The minimum Gasteiger partial charge on any atom is -0.376 e. The Morgan fingerprint density at radius 3 is 3.00 bits per heavy atom. The molecule has 1 amide bonds. The van der Waals surface area contributed by atoms with Crippen molar-refractivity contribution < 1.29 is 18.3 Å². The molecule has 0 aromatic heterocycles. The number of halogens is 2. The van der Waals surface area contributed by atoms with Crippen LogP contribution in [0.2, 0.25) is 0 Å². The molecule has 1 heterocycles. The highest BCUT2D eigenvalue weighted by Crippen LogP contribution is 2.12. The van der Waals surface area contributed by atoms with Crippen LogP contribution in [0.15, 0.2) is 18.2 Å². The van der Waals surface area contributed by atoms with E-state index in [0.29, 0.717) is 13.2 Å². The molecular formula is C12H13F2NO2. The minimum atomic E-state index is -0.726. The second kappa shape index (κ2) is 5.23. The van der Waals surface area contributed by atoms with Gasteiger partial charge in [0, 0.05) is 13.2 Å². The van der Waals surface area contributed by atoms with Crippen LogP contribution in [0.1, 0.15) is 23.2 Å². The number of carbonyl (C=O) groups excluding carboxylic acids is 1. The molecule has 1 unspecified atom stereocenters. The summed E-state index contributed by atoms with van der Waals surface area (Å²) in [6, 6.07) is 2.81. The fourth-order valence-corrected chi connectivity index (χ4v) is 1.78. The topological polar surface area (TPSA) is 38.3 Å². The first-order chi connectivity index (χ1) is 8.16. The predicted molar refractivity (Wildman–Crippen MR) is 57.7 cm³/mol. The highest BCUT2D eigenvalue weighted by atomic mass is 19.1. The average molecular weight is 241 g/mol. The molecule has 0 aliphatic carbocycles. The molecule has 0 spiro atoms. The summed E-state index contributed by atoms with van der Waals surface area (Å²) in [6.45, 7) is 1.02. The van der Waals surface area contributed by atoms with Crippen LogP contribution in [0.3, 0.4) is 0 Å². The zero-order valence-electron chi connectivity index (χ0n) is 9.21. The van der Waals surface area contributed by atoms with Gasteiger partial charge in [-0.3, -0.25) is 4.79 Å². The lowest BCUT2D eigenvalue weighted by Crippen LogP contribution is -2.32. The van der Waals surface area contributed by atoms with Crippen molar-refractivity contribution in [3.63, 3.8) is 0 Å². The summed E-state index contributed by atoms with van der Waals surface area (Å²) in [7, 11) is 0. The van der Waals surface area contributed by atoms with Crippen molar-refractivity contribution in [3.05, 3.63) is 35.4 Å². The van der Waals surface area contributed by atoms with Gasteiger partial charge in [-0.05, 0) is 31.0 Å². The van der Waals surface area contributed by atoms with E-state index in [-0.39, 0.29) is 11.7 Å². The van der Waals surface area contributed by atoms with Gasteiger partial charge in [-0.2, -0.15) is 0 Å². The molecule has 0 bridgehead atoms. The lowest BCUT2D eigenvalue weighted by atomic mass is 10.2. The summed E-state index contributed by atoms with van der Waals surface area (Å²) >= 11 is 0. The largest absolute Gasteiger partial charge is 0.376 e. The van der Waals surface area contributed by atoms with Crippen LogP contribution in [0, 0.1) is 11.6 Å². The number of hydrogen-bond donors (Lipinski definition) is 1. The van der Waals surface area contributed by atoms with Crippen molar-refractivity contribution in [3.8, 4) is 0 Å². The summed E-state index contributed by atoms with van der Waals surface area (Å²) in [6.07, 6.45) is 1.83. The van der Waals surface area contributed by atoms with Gasteiger partial charge in [0.1, 0.15) is 11.6 Å². The highest BCUT2D eigenvalue weighted by molar-refractivity contribution is 5.94. The number of amides is 1. The first-order valence-electron chi connectivity index (χ1n) is 5.51. The predicted octanol–water partition coefficient (Wildman–Crippen LogP) is 1.87. The van der Waals surface area contributed by atoms with Gasteiger partial charge in [0.25, 0.3) is 5.91 Å². The van der Waals surface area contributed by atoms with Gasteiger partial charge in [0.2, 0.25) is 0 Å². The van der Waals surface area contributed by atoms with E-state index in [1.165, 1.54) is 0 Å². The van der Waals surface area contributed by atoms with Crippen LogP contribution in [0.5, 0.6) is 0 Å². The maximum Gasteiger partial charge on any atom is 0.254 e. The molecule has 5 heteroatoms. The second-order valence-corrected chi connectivity index (χ2v) is 3.97. The summed E-state index contributed by atoms with van der Waals surface area (Å²) in [5.74, 6) is -1.97. The Hall–Kier alpha value is -1.49. The molecule has 17 heavy (non-hydrogen) atoms. The van der Waals surface area contributed by atoms with E-state index in [2.05, 4.69) is 5.32 Å². The molecule has 1 fully saturated rings. The van der Waals surface area contributed by atoms with E-state index < -0.39 is 17.5 Å². The molecule has 3 nitrogen and oxygen atoms in total. The van der Waals surface area contributed by atoms with Crippen LogP contribution in [0.4, 0.5) is 8.78 Å². The maximum atomic E-state index is 13.3. The van der Waals surface area contributed by atoms with Gasteiger partial charge in [-0.15, -0.1) is 0 Å². The van der Waals surface area contributed by atoms with E-state index in [9.17, 15) is 13.6 Å². The SMILES string of the molecule is O=C(NCC1CCCO1)c1cc(F)ccc1F. The normalized spacial score (nSPS) is 19.3. The van der Waals surface area contributed by atoms with Crippen LogP contribution in [0.25, 0.3) is 0 Å². The van der Waals surface area contributed by atoms with E-state index in [4.69, 9.17) is 4.74 Å². The third-order valence-electron chi connectivity index (χ3n) is 2.69. The molecule has 92 valence electrons. The Morgan fingerprint density at radius 1 is 1.47 bits per heavy atom. The van der Waals surface area contributed by atoms with Crippen LogP contribution in [-0.4, -0.2) is 25.2 Å². The third-order valence-corrected chi connectivity index (χ3v) is 2.69. The number of nitrogens with one attached hydrogen (secondary N) is 1. The average Bonchev–Trinajstić information content (AvgIpc) is 2.82. The zero-order chi connectivity index (χ0) is 12.3. The highest BCUT2D eigenvalue weighted by Gasteiger charge is 2.18. The molecule has 1 saturated heterocycles. The van der Waals surface area contributed by atoms with E-state index in [1.54, 1.807) is 0 Å².